The minimum absolute atomic E-state index is 0.144. The summed E-state index contributed by atoms with van der Waals surface area (Å²) in [5, 5.41) is 3.02. The number of carbonyl (C=O) groups is 1. The van der Waals surface area contributed by atoms with Crippen LogP contribution in [0, 0.1) is 0 Å². The Hall–Kier alpha value is -1.05. The van der Waals surface area contributed by atoms with E-state index in [0.717, 1.165) is 19.4 Å². The summed E-state index contributed by atoms with van der Waals surface area (Å²) in [5.74, 6) is -0.144. The summed E-state index contributed by atoms with van der Waals surface area (Å²) in [7, 11) is 1.89. The Balaban J connectivity index is 3.09. The molecule has 0 aromatic heterocycles. The predicted octanol–water partition coefficient (Wildman–Crippen LogP) is 2.70. The van der Waals surface area contributed by atoms with Crippen molar-refractivity contribution in [1.82, 2.24) is 5.32 Å². The van der Waals surface area contributed by atoms with Gasteiger partial charge >= 0.3 is 5.97 Å². The monoisotopic (exact) mass is 744 g/mol. The van der Waals surface area contributed by atoms with Gasteiger partial charge in [0, 0.05) is 13.0 Å². The minimum Gasteiger partial charge on any atom is -0.463 e. The SMILES string of the molecule is CCCCCCCCC(=O)OCCOCCOCCOCCOCCOCCOCCOCCOCCOCCOCCOCCOCCNC. The number of carbonyl (C=O) groups excluding carboxylic acids is 1. The van der Waals surface area contributed by atoms with Gasteiger partial charge in [-0.3, -0.25) is 4.79 Å². The van der Waals surface area contributed by atoms with Gasteiger partial charge in [-0.1, -0.05) is 39.0 Å². The average molecular weight is 744 g/mol. The molecule has 0 aromatic rings. The number of unbranched alkanes of at least 4 members (excludes halogenated alkanes) is 5. The Bertz CT molecular complexity index is 653. The fourth-order valence-electron chi connectivity index (χ4n) is 4.03. The lowest BCUT2D eigenvalue weighted by atomic mass is 10.1. The summed E-state index contributed by atoms with van der Waals surface area (Å²) >= 11 is 0. The topological polar surface area (TPSA) is 149 Å². The standard InChI is InChI=1S/C36H73NO14/c1-3-4-5-6-7-8-9-36(38)51-35-34-50-33-32-49-31-30-48-29-28-47-27-26-46-25-24-45-23-22-44-21-20-43-19-18-42-17-16-41-15-14-40-13-12-39-11-10-37-2/h37H,3-35H2,1-2H3. The van der Waals surface area contributed by atoms with Crippen LogP contribution in [0.4, 0.5) is 0 Å². The van der Waals surface area contributed by atoms with E-state index in [-0.39, 0.29) is 12.6 Å². The molecule has 15 nitrogen and oxygen atoms in total. The van der Waals surface area contributed by atoms with Gasteiger partial charge in [-0.25, -0.2) is 0 Å². The first-order chi connectivity index (χ1) is 25.3. The molecular formula is C36H73NO14. The van der Waals surface area contributed by atoms with Gasteiger partial charge in [0.25, 0.3) is 0 Å². The van der Waals surface area contributed by atoms with Crippen LogP contribution in [-0.2, 0) is 66.4 Å². The molecule has 0 amide bonds. The van der Waals surface area contributed by atoms with E-state index in [0.29, 0.717) is 165 Å². The van der Waals surface area contributed by atoms with Crippen molar-refractivity contribution >= 4 is 5.97 Å². The van der Waals surface area contributed by atoms with E-state index in [1.54, 1.807) is 0 Å². The molecule has 1 N–H and O–H groups in total. The highest BCUT2D eigenvalue weighted by Gasteiger charge is 2.03. The third-order valence-electron chi connectivity index (χ3n) is 6.81. The molecule has 306 valence electrons. The van der Waals surface area contributed by atoms with E-state index in [1.807, 2.05) is 7.05 Å². The van der Waals surface area contributed by atoms with E-state index in [2.05, 4.69) is 12.2 Å². The zero-order valence-electron chi connectivity index (χ0n) is 32.0. The molecule has 0 aliphatic heterocycles. The number of nitrogens with one attached hydrogen (secondary N) is 1. The molecule has 0 radical (unpaired) electrons. The van der Waals surface area contributed by atoms with Gasteiger partial charge in [0.15, 0.2) is 0 Å². The lowest BCUT2D eigenvalue weighted by molar-refractivity contribution is -0.145. The van der Waals surface area contributed by atoms with Crippen LogP contribution in [0.15, 0.2) is 0 Å². The Morgan fingerprint density at radius 1 is 0.353 bits per heavy atom. The van der Waals surface area contributed by atoms with Crippen molar-refractivity contribution in [2.24, 2.45) is 0 Å². The molecule has 15 heteroatoms. The van der Waals surface area contributed by atoms with E-state index < -0.39 is 0 Å². The van der Waals surface area contributed by atoms with Crippen LogP contribution in [0.2, 0.25) is 0 Å². The Labute approximate surface area is 308 Å². The van der Waals surface area contributed by atoms with Crippen LogP contribution in [0.1, 0.15) is 51.9 Å². The molecule has 0 aliphatic rings. The second kappa shape index (κ2) is 47.0. The zero-order valence-corrected chi connectivity index (χ0v) is 32.0. The van der Waals surface area contributed by atoms with Crippen molar-refractivity contribution in [3.8, 4) is 0 Å². The highest BCUT2D eigenvalue weighted by molar-refractivity contribution is 5.69. The Kier molecular flexibility index (Phi) is 46.0. The summed E-state index contributed by atoms with van der Waals surface area (Å²) in [4.78, 5) is 11.7. The second-order valence-electron chi connectivity index (χ2n) is 11.2. The number of ether oxygens (including phenoxy) is 13. The summed E-state index contributed by atoms with van der Waals surface area (Å²) < 4.78 is 70.7. The first-order valence-electron chi connectivity index (χ1n) is 19.0. The van der Waals surface area contributed by atoms with Crippen LogP contribution in [0.3, 0.4) is 0 Å². The van der Waals surface area contributed by atoms with Crippen molar-refractivity contribution < 1.29 is 66.4 Å². The molecule has 0 aliphatic carbocycles. The highest BCUT2D eigenvalue weighted by atomic mass is 16.6. The quantitative estimate of drug-likeness (QED) is 0.0719. The van der Waals surface area contributed by atoms with E-state index >= 15 is 0 Å². The Morgan fingerprint density at radius 3 is 0.902 bits per heavy atom. The summed E-state index contributed by atoms with van der Waals surface area (Å²) in [6, 6.07) is 0. The second-order valence-corrected chi connectivity index (χ2v) is 11.2. The van der Waals surface area contributed by atoms with Crippen LogP contribution >= 0.6 is 0 Å². The minimum atomic E-state index is -0.144. The zero-order chi connectivity index (χ0) is 36.8. The molecular weight excluding hydrogens is 670 g/mol. The highest BCUT2D eigenvalue weighted by Crippen LogP contribution is 2.07. The molecule has 0 bridgehead atoms. The van der Waals surface area contributed by atoms with Gasteiger partial charge in [0.1, 0.15) is 6.61 Å². The first-order valence-corrected chi connectivity index (χ1v) is 19.0. The van der Waals surface area contributed by atoms with Gasteiger partial charge in [-0.2, -0.15) is 0 Å². The maximum absolute atomic E-state index is 11.7. The van der Waals surface area contributed by atoms with Gasteiger partial charge < -0.3 is 66.9 Å². The van der Waals surface area contributed by atoms with E-state index in [1.165, 1.54) is 25.7 Å². The maximum Gasteiger partial charge on any atom is 0.305 e. The maximum atomic E-state index is 11.7. The number of hydrogen-bond donors (Lipinski definition) is 1. The molecule has 0 unspecified atom stereocenters. The van der Waals surface area contributed by atoms with Crippen molar-refractivity contribution in [2.45, 2.75) is 51.9 Å². The van der Waals surface area contributed by atoms with Crippen LogP contribution < -0.4 is 5.32 Å². The fraction of sp³-hybridized carbons (Fsp3) is 0.972. The number of esters is 1. The van der Waals surface area contributed by atoms with Crippen molar-refractivity contribution in [3.05, 3.63) is 0 Å². The molecule has 0 aromatic carbocycles. The molecule has 0 saturated carbocycles. The molecule has 0 saturated heterocycles. The summed E-state index contributed by atoms with van der Waals surface area (Å²) in [6.07, 6.45) is 7.42. The lowest BCUT2D eigenvalue weighted by Gasteiger charge is -2.09. The van der Waals surface area contributed by atoms with Crippen molar-refractivity contribution in [3.63, 3.8) is 0 Å². The normalized spacial score (nSPS) is 11.5. The average Bonchev–Trinajstić information content (AvgIpc) is 3.14. The van der Waals surface area contributed by atoms with Crippen molar-refractivity contribution in [2.75, 3.05) is 179 Å². The van der Waals surface area contributed by atoms with Crippen LogP contribution in [0.5, 0.6) is 0 Å². The fourth-order valence-corrected chi connectivity index (χ4v) is 4.03. The molecule has 0 heterocycles. The molecule has 51 heavy (non-hydrogen) atoms. The smallest absolute Gasteiger partial charge is 0.305 e. The van der Waals surface area contributed by atoms with Gasteiger partial charge in [0.05, 0.1) is 159 Å². The third kappa shape index (κ3) is 46.9. The molecule has 0 fully saturated rings. The van der Waals surface area contributed by atoms with E-state index in [4.69, 9.17) is 61.6 Å². The van der Waals surface area contributed by atoms with Gasteiger partial charge in [-0.05, 0) is 13.5 Å². The first kappa shape index (κ1) is 49.9. The lowest BCUT2D eigenvalue weighted by Crippen LogP contribution is -2.17. The van der Waals surface area contributed by atoms with Crippen LogP contribution in [-0.4, -0.2) is 185 Å². The number of hydrogen-bond acceptors (Lipinski definition) is 15. The van der Waals surface area contributed by atoms with Gasteiger partial charge in [-0.15, -0.1) is 0 Å². The predicted molar refractivity (Wildman–Crippen MR) is 193 cm³/mol. The molecule has 0 atom stereocenters. The molecule has 0 rings (SSSR count). The number of rotatable bonds is 46. The van der Waals surface area contributed by atoms with Crippen molar-refractivity contribution in [1.29, 1.82) is 0 Å². The third-order valence-corrected chi connectivity index (χ3v) is 6.81. The largest absolute Gasteiger partial charge is 0.463 e. The summed E-state index contributed by atoms with van der Waals surface area (Å²) in [5.41, 5.74) is 0. The van der Waals surface area contributed by atoms with E-state index in [9.17, 15) is 4.79 Å². The van der Waals surface area contributed by atoms with Gasteiger partial charge in [0.2, 0.25) is 0 Å². The number of likely N-dealkylation sites (N-methyl/N-ethyl adjacent to an activating group) is 1. The Morgan fingerprint density at radius 2 is 0.608 bits per heavy atom. The summed E-state index contributed by atoms with van der Waals surface area (Å²) in [6.45, 7) is 15.6. The molecule has 0 spiro atoms. The van der Waals surface area contributed by atoms with Crippen LogP contribution in [0.25, 0.3) is 0 Å².